The lowest BCUT2D eigenvalue weighted by atomic mass is 10.1. The molecule has 5 nitrogen and oxygen atoms in total. The van der Waals surface area contributed by atoms with Gasteiger partial charge in [0, 0.05) is 23.0 Å². The molecule has 0 spiro atoms. The minimum atomic E-state index is -0.124. The molecule has 2 aromatic rings. The third-order valence-corrected chi connectivity index (χ3v) is 2.99. The lowest BCUT2D eigenvalue weighted by Gasteiger charge is -2.01. The summed E-state index contributed by atoms with van der Waals surface area (Å²) in [6, 6.07) is 5.56. The van der Waals surface area contributed by atoms with Crippen LogP contribution in [-0.4, -0.2) is 29.3 Å². The molecule has 96 valence electrons. The van der Waals surface area contributed by atoms with Gasteiger partial charge in [0.1, 0.15) is 5.69 Å². The van der Waals surface area contributed by atoms with Crippen molar-refractivity contribution in [2.75, 3.05) is 13.2 Å². The topological polar surface area (TPSA) is 75.4 Å². The van der Waals surface area contributed by atoms with Gasteiger partial charge in [-0.25, -0.2) is 0 Å². The monoisotopic (exact) mass is 312 g/mol. The third kappa shape index (κ3) is 3.08. The Labute approximate surface area is 112 Å². The van der Waals surface area contributed by atoms with E-state index in [0.717, 1.165) is 9.86 Å². The summed E-state index contributed by atoms with van der Waals surface area (Å²) in [5.41, 5.74) is 1.28. The predicted molar refractivity (Wildman–Crippen MR) is 70.1 cm³/mol. The molecule has 1 aromatic heterocycles. The van der Waals surface area contributed by atoms with Crippen LogP contribution in [0.4, 0.5) is 0 Å². The summed E-state index contributed by atoms with van der Waals surface area (Å²) in [7, 11) is 0. The van der Waals surface area contributed by atoms with E-state index >= 15 is 0 Å². The van der Waals surface area contributed by atoms with Crippen molar-refractivity contribution < 1.29 is 14.4 Å². The average molecular weight is 313 g/mol. The summed E-state index contributed by atoms with van der Waals surface area (Å²) >= 11 is 3.34. The molecule has 1 aromatic carbocycles. The van der Waals surface area contributed by atoms with Crippen LogP contribution >= 0.6 is 15.9 Å². The minimum Gasteiger partial charge on any atom is -0.396 e. The molecule has 0 unspecified atom stereocenters. The second kappa shape index (κ2) is 5.97. The zero-order valence-electron chi connectivity index (χ0n) is 9.65. The molecule has 18 heavy (non-hydrogen) atoms. The zero-order valence-corrected chi connectivity index (χ0v) is 11.2. The van der Waals surface area contributed by atoms with Crippen molar-refractivity contribution in [3.05, 3.63) is 28.4 Å². The Morgan fingerprint density at radius 3 is 3.11 bits per heavy atom. The van der Waals surface area contributed by atoms with Crippen molar-refractivity contribution in [2.45, 2.75) is 12.8 Å². The number of benzene rings is 1. The zero-order chi connectivity index (χ0) is 13.0. The number of halogens is 1. The van der Waals surface area contributed by atoms with E-state index in [1.807, 2.05) is 18.2 Å². The normalized spacial score (nSPS) is 10.8. The summed E-state index contributed by atoms with van der Waals surface area (Å²) < 4.78 is 6.06. The molecule has 0 bridgehead atoms. The van der Waals surface area contributed by atoms with Crippen molar-refractivity contribution in [2.24, 2.45) is 0 Å². The Morgan fingerprint density at radius 2 is 2.33 bits per heavy atom. The highest BCUT2D eigenvalue weighted by atomic mass is 79.9. The fourth-order valence-corrected chi connectivity index (χ4v) is 1.95. The number of rotatable bonds is 5. The summed E-state index contributed by atoms with van der Waals surface area (Å²) in [5.74, 6) is -0.124. The Hall–Kier alpha value is -1.40. The second-order valence-electron chi connectivity index (χ2n) is 3.87. The van der Waals surface area contributed by atoms with E-state index < -0.39 is 0 Å². The molecule has 0 fully saturated rings. The van der Waals surface area contributed by atoms with E-state index in [-0.39, 0.29) is 18.9 Å². The van der Waals surface area contributed by atoms with Gasteiger partial charge in [-0.15, -0.1) is 0 Å². The van der Waals surface area contributed by atoms with Crippen molar-refractivity contribution >= 4 is 32.8 Å². The fraction of sp³-hybridized carbons (Fsp3) is 0.333. The molecule has 0 saturated heterocycles. The van der Waals surface area contributed by atoms with Gasteiger partial charge in [-0.3, -0.25) is 4.79 Å². The molecule has 0 aliphatic rings. The van der Waals surface area contributed by atoms with E-state index in [2.05, 4.69) is 26.4 Å². The number of carbonyl (C=O) groups is 1. The van der Waals surface area contributed by atoms with E-state index in [9.17, 15) is 4.79 Å². The first kappa shape index (κ1) is 13.0. The number of aliphatic hydroxyl groups is 1. The fourth-order valence-electron chi connectivity index (χ4n) is 1.61. The lowest BCUT2D eigenvalue weighted by molar-refractivity contribution is -0.120. The molecule has 0 radical (unpaired) electrons. The van der Waals surface area contributed by atoms with Gasteiger partial charge in [-0.05, 0) is 24.6 Å². The molecule has 0 aliphatic heterocycles. The van der Waals surface area contributed by atoms with Gasteiger partial charge < -0.3 is 14.9 Å². The summed E-state index contributed by atoms with van der Waals surface area (Å²) in [6.45, 7) is 0.540. The molecule has 0 aliphatic carbocycles. The maximum Gasteiger partial charge on any atom is 0.226 e. The Kier molecular flexibility index (Phi) is 4.33. The van der Waals surface area contributed by atoms with E-state index in [4.69, 9.17) is 9.63 Å². The Balaban J connectivity index is 2.05. The van der Waals surface area contributed by atoms with Crippen molar-refractivity contribution in [3.63, 3.8) is 0 Å². The van der Waals surface area contributed by atoms with Gasteiger partial charge in [-0.2, -0.15) is 0 Å². The van der Waals surface area contributed by atoms with Crippen LogP contribution < -0.4 is 5.32 Å². The first-order chi connectivity index (χ1) is 8.70. The number of nitrogens with one attached hydrogen (secondary N) is 1. The van der Waals surface area contributed by atoms with Gasteiger partial charge in [0.05, 0.1) is 6.42 Å². The number of carbonyl (C=O) groups excluding carboxylic acids is 1. The van der Waals surface area contributed by atoms with Crippen molar-refractivity contribution in [1.29, 1.82) is 0 Å². The lowest BCUT2D eigenvalue weighted by Crippen LogP contribution is -2.26. The Morgan fingerprint density at radius 1 is 1.50 bits per heavy atom. The average Bonchev–Trinajstić information content (AvgIpc) is 2.72. The van der Waals surface area contributed by atoms with Crippen LogP contribution in [0.25, 0.3) is 11.0 Å². The summed E-state index contributed by atoms with van der Waals surface area (Å²) in [4.78, 5) is 11.6. The van der Waals surface area contributed by atoms with E-state index in [1.54, 1.807) is 0 Å². The molecule has 0 atom stereocenters. The van der Waals surface area contributed by atoms with Gasteiger partial charge in [0.25, 0.3) is 0 Å². The number of aromatic nitrogens is 1. The van der Waals surface area contributed by atoms with Gasteiger partial charge in [0.15, 0.2) is 5.58 Å². The van der Waals surface area contributed by atoms with Crippen LogP contribution in [0.5, 0.6) is 0 Å². The standard InChI is InChI=1S/C12H13BrN2O3/c13-8-2-3-9-10(15-18-11(9)6-8)7-12(17)14-4-1-5-16/h2-3,6,16H,1,4-5,7H2,(H,14,17). The minimum absolute atomic E-state index is 0.0706. The van der Waals surface area contributed by atoms with Crippen molar-refractivity contribution in [3.8, 4) is 0 Å². The van der Waals surface area contributed by atoms with Crippen LogP contribution in [0.2, 0.25) is 0 Å². The summed E-state index contributed by atoms with van der Waals surface area (Å²) in [5, 5.41) is 16.1. The molecule has 6 heteroatoms. The first-order valence-electron chi connectivity index (χ1n) is 5.62. The maximum atomic E-state index is 11.6. The highest BCUT2D eigenvalue weighted by Crippen LogP contribution is 2.22. The molecule has 2 rings (SSSR count). The molecular formula is C12H13BrN2O3. The molecule has 1 heterocycles. The smallest absolute Gasteiger partial charge is 0.226 e. The molecule has 1 amide bonds. The first-order valence-corrected chi connectivity index (χ1v) is 6.41. The van der Waals surface area contributed by atoms with Crippen LogP contribution in [0.15, 0.2) is 27.2 Å². The number of fused-ring (bicyclic) bond motifs is 1. The summed E-state index contributed by atoms with van der Waals surface area (Å²) in [6.07, 6.45) is 0.734. The second-order valence-corrected chi connectivity index (χ2v) is 4.79. The van der Waals surface area contributed by atoms with Gasteiger partial charge >= 0.3 is 0 Å². The van der Waals surface area contributed by atoms with Gasteiger partial charge in [-0.1, -0.05) is 21.1 Å². The third-order valence-electron chi connectivity index (χ3n) is 2.49. The molecule has 0 saturated carbocycles. The van der Waals surface area contributed by atoms with E-state index in [1.165, 1.54) is 0 Å². The largest absolute Gasteiger partial charge is 0.396 e. The Bertz CT molecular complexity index is 553. The van der Waals surface area contributed by atoms with Crippen LogP contribution in [0.3, 0.4) is 0 Å². The molecule has 2 N–H and O–H groups in total. The van der Waals surface area contributed by atoms with Crippen LogP contribution in [-0.2, 0) is 11.2 Å². The maximum absolute atomic E-state index is 11.6. The number of amides is 1. The van der Waals surface area contributed by atoms with Crippen molar-refractivity contribution in [1.82, 2.24) is 10.5 Å². The highest BCUT2D eigenvalue weighted by Gasteiger charge is 2.12. The quantitative estimate of drug-likeness (QED) is 0.823. The van der Waals surface area contributed by atoms with Crippen LogP contribution in [0.1, 0.15) is 12.1 Å². The number of hydrogen-bond acceptors (Lipinski definition) is 4. The SMILES string of the molecule is O=C(Cc1noc2cc(Br)ccc12)NCCCO. The number of hydrogen-bond donors (Lipinski definition) is 2. The number of nitrogens with zero attached hydrogens (tertiary/aromatic N) is 1. The predicted octanol–water partition coefficient (Wildman–Crippen LogP) is 1.63. The molecular weight excluding hydrogens is 300 g/mol. The van der Waals surface area contributed by atoms with Crippen LogP contribution in [0, 0.1) is 0 Å². The number of aliphatic hydroxyl groups excluding tert-OH is 1. The van der Waals surface area contributed by atoms with Gasteiger partial charge in [0.2, 0.25) is 5.91 Å². The van der Waals surface area contributed by atoms with E-state index in [0.29, 0.717) is 24.2 Å². The highest BCUT2D eigenvalue weighted by molar-refractivity contribution is 9.10.